The van der Waals surface area contributed by atoms with E-state index in [9.17, 15) is 14.7 Å². The standard InChI is InChI=1S/C41H54N4O6Si/c1-28-38(50-3)34-24-30(44-27-45(29-10-7-6-8-11-29)41(40(44)48)19-21-42-22-20-41)13-18-35(34)51-39(28)36(25-37(47)43-23-9-12-31(43)26-46)52(4,5)33-16-14-32(49-2)15-17-33/h6-8,10-11,13-18,24,28,31,36,38-39,42,46H,9,12,19-23,25-27H2,1-5H3/t28-,31-,36?,38-,39-/m0/s1. The summed E-state index contributed by atoms with van der Waals surface area (Å²) in [5, 5.41) is 14.7. The molecule has 1 unspecified atom stereocenters. The quantitative estimate of drug-likeness (QED) is 0.280. The second-order valence-electron chi connectivity index (χ2n) is 15.6. The maximum Gasteiger partial charge on any atom is 0.254 e. The van der Waals surface area contributed by atoms with E-state index in [0.29, 0.717) is 19.6 Å². The summed E-state index contributed by atoms with van der Waals surface area (Å²) in [4.78, 5) is 34.7. The lowest BCUT2D eigenvalue weighted by atomic mass is 9.85. The van der Waals surface area contributed by atoms with Crippen LogP contribution in [0.2, 0.25) is 18.6 Å². The number of para-hydroxylation sites is 1. The van der Waals surface area contributed by atoms with E-state index >= 15 is 0 Å². The third-order valence-corrected chi connectivity index (χ3v) is 16.7. The van der Waals surface area contributed by atoms with Crippen LogP contribution in [0.4, 0.5) is 11.4 Å². The summed E-state index contributed by atoms with van der Waals surface area (Å²) < 4.78 is 18.8. The van der Waals surface area contributed by atoms with Gasteiger partial charge in [0.25, 0.3) is 5.91 Å². The molecular formula is C41H54N4O6Si. The molecule has 10 nitrogen and oxygen atoms in total. The molecule has 5 atom stereocenters. The van der Waals surface area contributed by atoms with Crippen LogP contribution in [0.5, 0.6) is 11.5 Å². The third-order valence-electron chi connectivity index (χ3n) is 12.5. The second kappa shape index (κ2) is 14.8. The van der Waals surface area contributed by atoms with Crippen LogP contribution in [0.3, 0.4) is 0 Å². The number of piperidine rings is 1. The van der Waals surface area contributed by atoms with Gasteiger partial charge in [0.05, 0.1) is 40.6 Å². The fourth-order valence-corrected chi connectivity index (χ4v) is 12.7. The molecule has 0 aromatic heterocycles. The highest BCUT2D eigenvalue weighted by Crippen LogP contribution is 2.49. The Morgan fingerprint density at radius 3 is 2.44 bits per heavy atom. The number of fused-ring (bicyclic) bond motifs is 1. The van der Waals surface area contributed by atoms with Gasteiger partial charge >= 0.3 is 0 Å². The molecule has 3 aromatic carbocycles. The van der Waals surface area contributed by atoms with Crippen LogP contribution in [-0.2, 0) is 14.3 Å². The van der Waals surface area contributed by atoms with Gasteiger partial charge in [0.15, 0.2) is 0 Å². The van der Waals surface area contributed by atoms with Crippen LogP contribution >= 0.6 is 0 Å². The molecule has 2 amide bonds. The summed E-state index contributed by atoms with van der Waals surface area (Å²) in [5.41, 5.74) is 2.12. The highest BCUT2D eigenvalue weighted by atomic mass is 28.3. The smallest absolute Gasteiger partial charge is 0.254 e. The largest absolute Gasteiger partial charge is 0.497 e. The van der Waals surface area contributed by atoms with Crippen LogP contribution < -0.4 is 29.8 Å². The predicted octanol–water partition coefficient (Wildman–Crippen LogP) is 5.07. The number of benzene rings is 3. The highest BCUT2D eigenvalue weighted by molar-refractivity contribution is 6.91. The number of aliphatic hydroxyl groups excluding tert-OH is 1. The van der Waals surface area contributed by atoms with Crippen LogP contribution in [0.15, 0.2) is 72.8 Å². The number of nitrogens with zero attached hydrogens (tertiary/aromatic N) is 3. The fourth-order valence-electron chi connectivity index (χ4n) is 9.38. The molecule has 3 fully saturated rings. The first kappa shape index (κ1) is 36.5. The zero-order chi connectivity index (χ0) is 36.6. The number of aliphatic hydroxyl groups is 1. The molecule has 0 saturated carbocycles. The van der Waals surface area contributed by atoms with Crippen molar-refractivity contribution in [1.29, 1.82) is 0 Å². The molecule has 11 heteroatoms. The lowest BCUT2D eigenvalue weighted by molar-refractivity contribution is -0.133. The molecular weight excluding hydrogens is 673 g/mol. The van der Waals surface area contributed by atoms with Crippen molar-refractivity contribution >= 4 is 36.4 Å². The summed E-state index contributed by atoms with van der Waals surface area (Å²) in [7, 11) is 1.01. The lowest BCUT2D eigenvalue weighted by Crippen LogP contribution is -2.55. The molecule has 4 aliphatic rings. The number of likely N-dealkylation sites (tertiary alicyclic amines) is 1. The number of hydrogen-bond acceptors (Lipinski definition) is 8. The van der Waals surface area contributed by atoms with Gasteiger partial charge in [-0.1, -0.05) is 55.5 Å². The maximum atomic E-state index is 14.5. The molecule has 0 bridgehead atoms. The number of ether oxygens (including phenoxy) is 3. The van der Waals surface area contributed by atoms with E-state index in [1.165, 1.54) is 5.19 Å². The predicted molar refractivity (Wildman–Crippen MR) is 206 cm³/mol. The van der Waals surface area contributed by atoms with Gasteiger partial charge in [0.2, 0.25) is 5.91 Å². The Hall–Kier alpha value is -3.90. The summed E-state index contributed by atoms with van der Waals surface area (Å²) >= 11 is 0. The molecule has 3 saturated heterocycles. The van der Waals surface area contributed by atoms with Gasteiger partial charge in [-0.3, -0.25) is 14.5 Å². The number of carbonyl (C=O) groups is 2. The molecule has 4 heterocycles. The average Bonchev–Trinajstić information content (AvgIpc) is 3.77. The SMILES string of the molecule is COc1ccc([Si](C)(C)C(CC(=O)N2CCC[C@H]2CO)[C@H]2Oc3ccc(N4CN(c5ccccc5)C5(CCNCC5)C4=O)cc3[C@@H](OC)[C@@H]2C)cc1. The fraction of sp³-hybridized carbons (Fsp3) is 0.512. The van der Waals surface area contributed by atoms with Crippen molar-refractivity contribution in [3.05, 3.63) is 78.4 Å². The Morgan fingerprint density at radius 1 is 1.04 bits per heavy atom. The van der Waals surface area contributed by atoms with Crippen molar-refractivity contribution < 1.29 is 28.9 Å². The first-order valence-corrected chi connectivity index (χ1v) is 21.9. The van der Waals surface area contributed by atoms with E-state index < -0.39 is 13.6 Å². The number of rotatable bonds is 10. The van der Waals surface area contributed by atoms with E-state index in [2.05, 4.69) is 60.6 Å². The molecule has 2 N–H and O–H groups in total. The molecule has 0 radical (unpaired) electrons. The summed E-state index contributed by atoms with van der Waals surface area (Å²) in [6.07, 6.45) is 2.94. The Balaban J connectivity index is 1.22. The maximum absolute atomic E-state index is 14.5. The molecule has 52 heavy (non-hydrogen) atoms. The first-order chi connectivity index (χ1) is 25.1. The van der Waals surface area contributed by atoms with E-state index in [4.69, 9.17) is 14.2 Å². The normalized spacial score (nSPS) is 24.9. The minimum Gasteiger partial charge on any atom is -0.497 e. The summed E-state index contributed by atoms with van der Waals surface area (Å²) in [5.74, 6) is 1.64. The van der Waals surface area contributed by atoms with E-state index in [-0.39, 0.29) is 48.1 Å². The van der Waals surface area contributed by atoms with Crippen LogP contribution in [0, 0.1) is 5.92 Å². The van der Waals surface area contributed by atoms with Crippen molar-refractivity contribution in [2.45, 2.75) is 81.5 Å². The molecule has 0 aliphatic carbocycles. The van der Waals surface area contributed by atoms with Crippen LogP contribution in [0.25, 0.3) is 0 Å². The minimum absolute atomic E-state index is 0.0197. The van der Waals surface area contributed by atoms with Crippen molar-refractivity contribution in [2.24, 2.45) is 5.92 Å². The lowest BCUT2D eigenvalue weighted by Gasteiger charge is -2.46. The monoisotopic (exact) mass is 726 g/mol. The van der Waals surface area contributed by atoms with Crippen molar-refractivity contribution in [2.75, 3.05) is 56.9 Å². The van der Waals surface area contributed by atoms with Gasteiger partial charge < -0.3 is 34.4 Å². The van der Waals surface area contributed by atoms with Crippen molar-refractivity contribution in [3.63, 3.8) is 0 Å². The van der Waals surface area contributed by atoms with Crippen molar-refractivity contribution in [3.8, 4) is 11.5 Å². The molecule has 1 spiro atoms. The Morgan fingerprint density at radius 2 is 1.77 bits per heavy atom. The summed E-state index contributed by atoms with van der Waals surface area (Å²) in [6, 6.07) is 24.5. The van der Waals surface area contributed by atoms with Gasteiger partial charge in [-0.25, -0.2) is 0 Å². The first-order valence-electron chi connectivity index (χ1n) is 18.9. The molecule has 7 rings (SSSR count). The van der Waals surface area contributed by atoms with Crippen LogP contribution in [0.1, 0.15) is 50.7 Å². The van der Waals surface area contributed by atoms with E-state index in [1.807, 2.05) is 52.3 Å². The van der Waals surface area contributed by atoms with Crippen molar-refractivity contribution in [1.82, 2.24) is 10.2 Å². The zero-order valence-corrected chi connectivity index (χ0v) is 32.2. The number of methoxy groups -OCH3 is 2. The topological polar surface area (TPSA) is 104 Å². The molecule has 3 aromatic rings. The number of nitrogens with one attached hydrogen (secondary N) is 1. The number of amides is 2. The van der Waals surface area contributed by atoms with Crippen LogP contribution in [-0.4, -0.2) is 94.7 Å². The van der Waals surface area contributed by atoms with E-state index in [0.717, 1.165) is 67.2 Å². The van der Waals surface area contributed by atoms with Gasteiger partial charge in [0, 0.05) is 48.5 Å². The van der Waals surface area contributed by atoms with Gasteiger partial charge in [-0.2, -0.15) is 0 Å². The number of hydrogen-bond donors (Lipinski definition) is 2. The molecule has 278 valence electrons. The van der Waals surface area contributed by atoms with Gasteiger partial charge in [0.1, 0.15) is 23.1 Å². The Bertz CT molecular complexity index is 1730. The number of carbonyl (C=O) groups excluding carboxylic acids is 2. The van der Waals surface area contributed by atoms with Gasteiger partial charge in [-0.05, 0) is 81.2 Å². The average molecular weight is 727 g/mol. The third kappa shape index (κ3) is 6.39. The molecule has 4 aliphatic heterocycles. The van der Waals surface area contributed by atoms with Gasteiger partial charge in [-0.15, -0.1) is 0 Å². The zero-order valence-electron chi connectivity index (χ0n) is 31.2. The Kier molecular flexibility index (Phi) is 10.4. The minimum atomic E-state index is -2.40. The highest BCUT2D eigenvalue weighted by Gasteiger charge is 2.54. The van der Waals surface area contributed by atoms with E-state index in [1.54, 1.807) is 14.2 Å². The summed E-state index contributed by atoms with van der Waals surface area (Å²) in [6.45, 7) is 9.52. The Labute approximate surface area is 309 Å². The second-order valence-corrected chi connectivity index (χ2v) is 20.3. The number of anilines is 2.